The van der Waals surface area contributed by atoms with Crippen LogP contribution in [0.5, 0.6) is 0 Å². The SMILES string of the molecule is CCOC1CCN(C(=NC)NCc2ccccc2CN2CCOCC2)CC1.I. The second-order valence-corrected chi connectivity index (χ2v) is 7.20. The number of benzene rings is 1. The fourth-order valence-electron chi connectivity index (χ4n) is 3.86. The highest BCUT2D eigenvalue weighted by atomic mass is 127. The van der Waals surface area contributed by atoms with Gasteiger partial charge in [0.2, 0.25) is 0 Å². The monoisotopic (exact) mass is 502 g/mol. The number of piperidine rings is 1. The number of likely N-dealkylation sites (tertiary alicyclic amines) is 1. The first-order chi connectivity index (χ1) is 13.3. The van der Waals surface area contributed by atoms with Crippen LogP contribution in [0.15, 0.2) is 29.3 Å². The number of aliphatic imine (C=N–C) groups is 1. The van der Waals surface area contributed by atoms with Crippen LogP contribution in [0.25, 0.3) is 0 Å². The fourth-order valence-corrected chi connectivity index (χ4v) is 3.86. The van der Waals surface area contributed by atoms with Crippen LogP contribution in [0.4, 0.5) is 0 Å². The van der Waals surface area contributed by atoms with Crippen LogP contribution in [-0.4, -0.2) is 74.9 Å². The van der Waals surface area contributed by atoms with Crippen molar-refractivity contribution in [1.82, 2.24) is 15.1 Å². The summed E-state index contributed by atoms with van der Waals surface area (Å²) < 4.78 is 11.2. The van der Waals surface area contributed by atoms with Gasteiger partial charge < -0.3 is 19.7 Å². The Hall–Kier alpha value is -0.900. The molecule has 0 aromatic heterocycles. The third-order valence-electron chi connectivity index (χ3n) is 5.41. The van der Waals surface area contributed by atoms with Crippen LogP contribution in [0.2, 0.25) is 0 Å². The minimum atomic E-state index is 0. The summed E-state index contributed by atoms with van der Waals surface area (Å²) in [5.74, 6) is 0.992. The van der Waals surface area contributed by atoms with Gasteiger partial charge in [0.1, 0.15) is 0 Å². The molecular weight excluding hydrogens is 467 g/mol. The van der Waals surface area contributed by atoms with E-state index in [9.17, 15) is 0 Å². The number of hydrogen-bond donors (Lipinski definition) is 1. The van der Waals surface area contributed by atoms with Gasteiger partial charge in [0.05, 0.1) is 19.3 Å². The minimum Gasteiger partial charge on any atom is -0.379 e. The lowest BCUT2D eigenvalue weighted by molar-refractivity contribution is 0.0263. The number of rotatable bonds is 6. The molecule has 0 atom stereocenters. The molecule has 0 spiro atoms. The third kappa shape index (κ3) is 6.86. The molecule has 2 heterocycles. The fraction of sp³-hybridized carbons (Fsp3) is 0.667. The molecule has 2 fully saturated rings. The summed E-state index contributed by atoms with van der Waals surface area (Å²) in [4.78, 5) is 9.32. The lowest BCUT2D eigenvalue weighted by atomic mass is 10.1. The second kappa shape index (κ2) is 12.6. The Balaban J connectivity index is 0.00000280. The van der Waals surface area contributed by atoms with Gasteiger partial charge in [0.25, 0.3) is 0 Å². The molecule has 0 unspecified atom stereocenters. The number of guanidine groups is 1. The van der Waals surface area contributed by atoms with Crippen molar-refractivity contribution in [3.05, 3.63) is 35.4 Å². The van der Waals surface area contributed by atoms with E-state index in [1.807, 2.05) is 7.05 Å². The Kier molecular flexibility index (Phi) is 10.5. The Bertz CT molecular complexity index is 600. The molecule has 0 bridgehead atoms. The van der Waals surface area contributed by atoms with E-state index in [0.29, 0.717) is 6.10 Å². The number of halogens is 1. The molecule has 6 nitrogen and oxygen atoms in total. The third-order valence-corrected chi connectivity index (χ3v) is 5.41. The van der Waals surface area contributed by atoms with Crippen LogP contribution in [-0.2, 0) is 22.6 Å². The summed E-state index contributed by atoms with van der Waals surface area (Å²) >= 11 is 0. The Morgan fingerprint density at radius 1 is 1.14 bits per heavy atom. The molecule has 0 amide bonds. The van der Waals surface area contributed by atoms with Gasteiger partial charge in [-0.25, -0.2) is 0 Å². The van der Waals surface area contributed by atoms with Crippen LogP contribution < -0.4 is 5.32 Å². The molecule has 1 aromatic carbocycles. The summed E-state index contributed by atoms with van der Waals surface area (Å²) in [5.41, 5.74) is 2.73. The highest BCUT2D eigenvalue weighted by molar-refractivity contribution is 14.0. The van der Waals surface area contributed by atoms with Gasteiger partial charge in [-0.1, -0.05) is 24.3 Å². The van der Waals surface area contributed by atoms with Gasteiger partial charge in [-0.15, -0.1) is 24.0 Å². The van der Waals surface area contributed by atoms with Crippen molar-refractivity contribution in [2.45, 2.75) is 39.0 Å². The van der Waals surface area contributed by atoms with Crippen molar-refractivity contribution in [3.8, 4) is 0 Å². The van der Waals surface area contributed by atoms with Crippen LogP contribution in [0.3, 0.4) is 0 Å². The quantitative estimate of drug-likeness (QED) is 0.369. The maximum absolute atomic E-state index is 5.76. The summed E-state index contributed by atoms with van der Waals surface area (Å²) in [7, 11) is 1.87. The molecular formula is C21H35IN4O2. The van der Waals surface area contributed by atoms with E-state index in [1.54, 1.807) is 0 Å². The van der Waals surface area contributed by atoms with Crippen LogP contribution >= 0.6 is 24.0 Å². The molecule has 2 aliphatic rings. The van der Waals surface area contributed by atoms with Crippen LogP contribution in [0, 0.1) is 0 Å². The maximum Gasteiger partial charge on any atom is 0.193 e. The minimum absolute atomic E-state index is 0. The summed E-state index contributed by atoms with van der Waals surface area (Å²) in [6.45, 7) is 10.4. The van der Waals surface area contributed by atoms with E-state index in [2.05, 4.69) is 51.3 Å². The van der Waals surface area contributed by atoms with Gasteiger partial charge in [-0.3, -0.25) is 9.89 Å². The lowest BCUT2D eigenvalue weighted by Gasteiger charge is -2.34. The first-order valence-corrected chi connectivity index (χ1v) is 10.2. The molecule has 158 valence electrons. The Morgan fingerprint density at radius 2 is 1.82 bits per heavy atom. The zero-order valence-corrected chi connectivity index (χ0v) is 19.6. The predicted octanol–water partition coefficient (Wildman–Crippen LogP) is 2.71. The number of ether oxygens (including phenoxy) is 2. The summed E-state index contributed by atoms with van der Waals surface area (Å²) in [6.07, 6.45) is 2.54. The normalized spacial score (nSPS) is 19.4. The van der Waals surface area contributed by atoms with E-state index in [1.165, 1.54) is 11.1 Å². The van der Waals surface area contributed by atoms with Crippen molar-refractivity contribution in [2.24, 2.45) is 4.99 Å². The van der Waals surface area contributed by atoms with E-state index < -0.39 is 0 Å². The highest BCUT2D eigenvalue weighted by Gasteiger charge is 2.21. The van der Waals surface area contributed by atoms with E-state index >= 15 is 0 Å². The number of nitrogens with zero attached hydrogens (tertiary/aromatic N) is 3. The summed E-state index contributed by atoms with van der Waals surface area (Å²) in [5, 5.41) is 3.57. The maximum atomic E-state index is 5.76. The molecule has 0 saturated carbocycles. The lowest BCUT2D eigenvalue weighted by Crippen LogP contribution is -2.46. The highest BCUT2D eigenvalue weighted by Crippen LogP contribution is 2.15. The van der Waals surface area contributed by atoms with E-state index in [4.69, 9.17) is 9.47 Å². The zero-order chi connectivity index (χ0) is 18.9. The van der Waals surface area contributed by atoms with Crippen molar-refractivity contribution >= 4 is 29.9 Å². The standard InChI is InChI=1S/C21H34N4O2.HI/c1-3-27-20-8-10-25(11-9-20)21(22-2)23-16-18-6-4-5-7-19(18)17-24-12-14-26-15-13-24;/h4-7,20H,3,8-17H2,1-2H3,(H,22,23);1H. The molecule has 0 radical (unpaired) electrons. The van der Waals surface area contributed by atoms with Gasteiger partial charge in [0, 0.05) is 52.9 Å². The van der Waals surface area contributed by atoms with Crippen molar-refractivity contribution in [2.75, 3.05) is 53.0 Å². The van der Waals surface area contributed by atoms with Crippen LogP contribution in [0.1, 0.15) is 30.9 Å². The first-order valence-electron chi connectivity index (χ1n) is 10.2. The number of morpholine rings is 1. The summed E-state index contributed by atoms with van der Waals surface area (Å²) in [6, 6.07) is 8.71. The molecule has 3 rings (SSSR count). The largest absolute Gasteiger partial charge is 0.379 e. The Morgan fingerprint density at radius 3 is 2.46 bits per heavy atom. The van der Waals surface area contributed by atoms with Crippen molar-refractivity contribution in [3.63, 3.8) is 0 Å². The Labute approximate surface area is 186 Å². The number of hydrogen-bond acceptors (Lipinski definition) is 4. The predicted molar refractivity (Wildman–Crippen MR) is 124 cm³/mol. The smallest absolute Gasteiger partial charge is 0.193 e. The molecule has 1 N–H and O–H groups in total. The van der Waals surface area contributed by atoms with Gasteiger partial charge in [-0.2, -0.15) is 0 Å². The zero-order valence-electron chi connectivity index (χ0n) is 17.2. The van der Waals surface area contributed by atoms with Gasteiger partial charge in [-0.05, 0) is 30.9 Å². The molecule has 2 saturated heterocycles. The van der Waals surface area contributed by atoms with Gasteiger partial charge in [0.15, 0.2) is 5.96 Å². The molecule has 1 aromatic rings. The first kappa shape index (κ1) is 23.4. The van der Waals surface area contributed by atoms with Gasteiger partial charge >= 0.3 is 0 Å². The van der Waals surface area contributed by atoms with E-state index in [-0.39, 0.29) is 24.0 Å². The number of nitrogens with one attached hydrogen (secondary N) is 1. The molecule has 28 heavy (non-hydrogen) atoms. The average molecular weight is 502 g/mol. The molecule has 0 aliphatic carbocycles. The topological polar surface area (TPSA) is 49.3 Å². The van der Waals surface area contributed by atoms with Crippen molar-refractivity contribution in [1.29, 1.82) is 0 Å². The molecule has 2 aliphatic heterocycles. The second-order valence-electron chi connectivity index (χ2n) is 7.20. The molecule has 7 heteroatoms. The van der Waals surface area contributed by atoms with Crippen molar-refractivity contribution < 1.29 is 9.47 Å². The van der Waals surface area contributed by atoms with E-state index in [0.717, 1.165) is 77.9 Å². The average Bonchev–Trinajstić information content (AvgIpc) is 2.72.